The Hall–Kier alpha value is -4.44. The van der Waals surface area contributed by atoms with Crippen molar-refractivity contribution in [2.45, 2.75) is 13.8 Å². The van der Waals surface area contributed by atoms with E-state index in [2.05, 4.69) is 11.4 Å². The highest BCUT2D eigenvalue weighted by atomic mass is 16.6. The third kappa shape index (κ3) is 5.80. The van der Waals surface area contributed by atoms with Gasteiger partial charge in [-0.3, -0.25) is 14.9 Å². The fraction of sp³-hybridized carbons (Fsp3) is 0.120. The van der Waals surface area contributed by atoms with Gasteiger partial charge in [0.05, 0.1) is 16.6 Å². The topological polar surface area (TPSA) is 105 Å². The monoisotopic (exact) mass is 427 g/mol. The largest absolute Gasteiger partial charge is 0.484 e. The summed E-state index contributed by atoms with van der Waals surface area (Å²) in [5.41, 5.74) is 4.34. The molecule has 3 rings (SSSR count). The molecule has 0 saturated heterocycles. The van der Waals surface area contributed by atoms with Crippen LogP contribution in [0.5, 0.6) is 5.75 Å². The number of hydrogen-bond acceptors (Lipinski definition) is 5. The summed E-state index contributed by atoms with van der Waals surface area (Å²) < 4.78 is 5.61. The maximum absolute atomic E-state index is 12.3. The van der Waals surface area contributed by atoms with Crippen molar-refractivity contribution in [1.82, 2.24) is 0 Å². The van der Waals surface area contributed by atoms with Crippen molar-refractivity contribution < 1.29 is 14.5 Å². The van der Waals surface area contributed by atoms with Gasteiger partial charge in [0, 0.05) is 17.8 Å². The van der Waals surface area contributed by atoms with Crippen molar-refractivity contribution in [2.24, 2.45) is 0 Å². The molecule has 0 aliphatic rings. The number of carbonyl (C=O) groups is 1. The molecule has 0 saturated carbocycles. The molecule has 0 radical (unpaired) electrons. The molecule has 3 aromatic rings. The summed E-state index contributed by atoms with van der Waals surface area (Å²) >= 11 is 0. The average Bonchev–Trinajstić information content (AvgIpc) is 2.79. The number of aryl methyl sites for hydroxylation is 2. The van der Waals surface area contributed by atoms with Crippen LogP contribution in [-0.2, 0) is 4.79 Å². The van der Waals surface area contributed by atoms with Crippen LogP contribution in [0.3, 0.4) is 0 Å². The lowest BCUT2D eigenvalue weighted by molar-refractivity contribution is -0.384. The number of allylic oxidation sites excluding steroid dienone is 1. The average molecular weight is 427 g/mol. The lowest BCUT2D eigenvalue weighted by atomic mass is 10.0. The second-order valence-corrected chi connectivity index (χ2v) is 7.20. The number of nitrogens with one attached hydrogen (secondary N) is 1. The van der Waals surface area contributed by atoms with Gasteiger partial charge in [0.1, 0.15) is 5.75 Å². The van der Waals surface area contributed by atoms with Crippen LogP contribution in [0.2, 0.25) is 0 Å². The van der Waals surface area contributed by atoms with Gasteiger partial charge in [0.15, 0.2) is 6.61 Å². The van der Waals surface area contributed by atoms with Gasteiger partial charge in [0.2, 0.25) is 0 Å². The SMILES string of the molecule is Cc1ccc(C)c(NC(=O)COc2cccc(/C=C(\C#N)c3ccc([N+](=O)[O-])cc3)c2)c1. The van der Waals surface area contributed by atoms with Gasteiger partial charge in [-0.1, -0.05) is 24.3 Å². The molecule has 0 aromatic heterocycles. The first-order chi connectivity index (χ1) is 15.4. The summed E-state index contributed by atoms with van der Waals surface area (Å²) in [6.07, 6.45) is 1.66. The predicted molar refractivity (Wildman–Crippen MR) is 123 cm³/mol. The number of hydrogen-bond donors (Lipinski definition) is 1. The van der Waals surface area contributed by atoms with Gasteiger partial charge in [-0.2, -0.15) is 5.26 Å². The van der Waals surface area contributed by atoms with Gasteiger partial charge >= 0.3 is 0 Å². The summed E-state index contributed by atoms with van der Waals surface area (Å²) in [5, 5.41) is 23.2. The third-order valence-electron chi connectivity index (χ3n) is 4.72. The first-order valence-corrected chi connectivity index (χ1v) is 9.82. The number of nitro benzene ring substituents is 1. The molecule has 0 aliphatic carbocycles. The quantitative estimate of drug-likeness (QED) is 0.239. The van der Waals surface area contributed by atoms with Crippen molar-refractivity contribution in [3.05, 3.63) is 99.1 Å². The molecule has 0 unspecified atom stereocenters. The Balaban J connectivity index is 1.69. The smallest absolute Gasteiger partial charge is 0.269 e. The summed E-state index contributed by atoms with van der Waals surface area (Å²) in [7, 11) is 0. The number of carbonyl (C=O) groups excluding carboxylic acids is 1. The van der Waals surface area contributed by atoms with Crippen molar-refractivity contribution in [3.63, 3.8) is 0 Å². The molecule has 7 heteroatoms. The second kappa shape index (κ2) is 10.0. The van der Waals surface area contributed by atoms with Crippen LogP contribution >= 0.6 is 0 Å². The van der Waals surface area contributed by atoms with Gasteiger partial charge in [-0.15, -0.1) is 0 Å². The lowest BCUT2D eigenvalue weighted by Crippen LogP contribution is -2.20. The second-order valence-electron chi connectivity index (χ2n) is 7.20. The third-order valence-corrected chi connectivity index (χ3v) is 4.72. The van der Waals surface area contributed by atoms with Crippen LogP contribution in [0.25, 0.3) is 11.6 Å². The Kier molecular flexibility index (Phi) is 6.99. The number of nitrogens with zero attached hydrogens (tertiary/aromatic N) is 2. The number of non-ortho nitro benzene ring substituents is 1. The van der Waals surface area contributed by atoms with Crippen molar-refractivity contribution in [3.8, 4) is 11.8 Å². The van der Waals surface area contributed by atoms with Crippen molar-refractivity contribution in [1.29, 1.82) is 5.26 Å². The molecule has 160 valence electrons. The Labute approximate surface area is 185 Å². The molecule has 0 spiro atoms. The number of benzene rings is 3. The Morgan fingerprint density at radius 2 is 1.88 bits per heavy atom. The van der Waals surface area contributed by atoms with Gasteiger partial charge in [-0.05, 0) is 72.5 Å². The minimum atomic E-state index is -0.489. The molecule has 1 amide bonds. The minimum Gasteiger partial charge on any atom is -0.484 e. The zero-order chi connectivity index (χ0) is 23.1. The van der Waals surface area contributed by atoms with Crippen LogP contribution < -0.4 is 10.1 Å². The number of nitro groups is 1. The maximum atomic E-state index is 12.3. The summed E-state index contributed by atoms with van der Waals surface area (Å²) in [6, 6.07) is 20.7. The normalized spacial score (nSPS) is 10.8. The molecule has 0 heterocycles. The van der Waals surface area contributed by atoms with E-state index in [1.165, 1.54) is 24.3 Å². The lowest BCUT2D eigenvalue weighted by Gasteiger charge is -2.11. The van der Waals surface area contributed by atoms with Gasteiger partial charge in [0.25, 0.3) is 11.6 Å². The highest BCUT2D eigenvalue weighted by Crippen LogP contribution is 2.23. The van der Waals surface area contributed by atoms with Crippen LogP contribution in [-0.4, -0.2) is 17.4 Å². The Bertz CT molecular complexity index is 1220. The number of nitriles is 1. The van der Waals surface area contributed by atoms with Crippen LogP contribution in [0, 0.1) is 35.3 Å². The first kappa shape index (κ1) is 22.2. The molecular weight excluding hydrogens is 406 g/mol. The molecule has 0 bridgehead atoms. The van der Waals surface area contributed by atoms with E-state index in [0.29, 0.717) is 22.4 Å². The van der Waals surface area contributed by atoms with Crippen LogP contribution in [0.1, 0.15) is 22.3 Å². The van der Waals surface area contributed by atoms with Gasteiger partial charge < -0.3 is 10.1 Å². The zero-order valence-electron chi connectivity index (χ0n) is 17.7. The standard InChI is InChI=1S/C25H21N3O4/c1-17-6-7-18(2)24(12-17)27-25(29)16-32-23-5-3-4-19(14-23)13-21(15-26)20-8-10-22(11-9-20)28(30)31/h3-14H,16H2,1-2H3,(H,27,29)/b21-13+. The van der Waals surface area contributed by atoms with Crippen LogP contribution in [0.15, 0.2) is 66.7 Å². The minimum absolute atomic E-state index is 0.0411. The first-order valence-electron chi connectivity index (χ1n) is 9.82. The number of rotatable bonds is 7. The van der Waals surface area contributed by atoms with Crippen LogP contribution in [0.4, 0.5) is 11.4 Å². The van der Waals surface area contributed by atoms with E-state index in [1.807, 2.05) is 32.0 Å². The van der Waals surface area contributed by atoms with Crippen molar-refractivity contribution >= 4 is 28.9 Å². The Morgan fingerprint density at radius 1 is 1.12 bits per heavy atom. The molecule has 32 heavy (non-hydrogen) atoms. The van der Waals surface area contributed by atoms with Gasteiger partial charge in [-0.25, -0.2) is 0 Å². The number of amides is 1. The summed E-state index contributed by atoms with van der Waals surface area (Å²) in [5.74, 6) is 0.207. The molecule has 0 aliphatic heterocycles. The highest BCUT2D eigenvalue weighted by Gasteiger charge is 2.09. The molecule has 7 nitrogen and oxygen atoms in total. The molecule has 1 N–H and O–H groups in total. The molecule has 0 fully saturated rings. The van der Waals surface area contributed by atoms with Crippen molar-refractivity contribution in [2.75, 3.05) is 11.9 Å². The Morgan fingerprint density at radius 3 is 2.56 bits per heavy atom. The van der Waals surface area contributed by atoms with E-state index in [-0.39, 0.29) is 18.2 Å². The highest BCUT2D eigenvalue weighted by molar-refractivity contribution is 5.93. The summed E-state index contributed by atoms with van der Waals surface area (Å²) in [4.78, 5) is 22.6. The maximum Gasteiger partial charge on any atom is 0.269 e. The summed E-state index contributed by atoms with van der Waals surface area (Å²) in [6.45, 7) is 3.72. The number of ether oxygens (including phenoxy) is 1. The predicted octanol–water partition coefficient (Wildman–Crippen LogP) is 5.29. The van der Waals surface area contributed by atoms with E-state index in [4.69, 9.17) is 4.74 Å². The van der Waals surface area contributed by atoms with E-state index in [0.717, 1.165) is 16.8 Å². The van der Waals surface area contributed by atoms with E-state index >= 15 is 0 Å². The molecule has 3 aromatic carbocycles. The number of anilines is 1. The molecule has 0 atom stereocenters. The molecular formula is C25H21N3O4. The van der Waals surface area contributed by atoms with E-state index < -0.39 is 4.92 Å². The zero-order valence-corrected chi connectivity index (χ0v) is 17.7. The fourth-order valence-corrected chi connectivity index (χ4v) is 3.01. The van der Waals surface area contributed by atoms with E-state index in [9.17, 15) is 20.2 Å². The van der Waals surface area contributed by atoms with E-state index in [1.54, 1.807) is 30.3 Å². The fourth-order valence-electron chi connectivity index (χ4n) is 3.01.